The fraction of sp³-hybridized carbons (Fsp3) is 0.273. The van der Waals surface area contributed by atoms with Gasteiger partial charge in [0, 0.05) is 22.7 Å². The molecule has 1 saturated heterocycles. The molecule has 1 fully saturated rings. The second-order valence-electron chi connectivity index (χ2n) is 7.22. The molecule has 0 aliphatic carbocycles. The third-order valence-corrected chi connectivity index (χ3v) is 5.33. The van der Waals surface area contributed by atoms with E-state index in [1.165, 1.54) is 0 Å². The van der Waals surface area contributed by atoms with Crippen LogP contribution in [0.5, 0.6) is 0 Å². The monoisotopic (exact) mass is 424 g/mol. The summed E-state index contributed by atoms with van der Waals surface area (Å²) in [5.74, 6) is 0.354. The van der Waals surface area contributed by atoms with E-state index in [0.717, 1.165) is 18.4 Å². The Morgan fingerprint density at radius 2 is 2.00 bits per heavy atom. The van der Waals surface area contributed by atoms with Crippen molar-refractivity contribution in [3.05, 3.63) is 71.1 Å². The van der Waals surface area contributed by atoms with E-state index in [9.17, 15) is 9.59 Å². The Morgan fingerprint density at radius 3 is 2.77 bits per heavy atom. The Balaban J connectivity index is 1.47. The maximum atomic E-state index is 13.0. The van der Waals surface area contributed by atoms with Gasteiger partial charge in [-0.1, -0.05) is 47.1 Å². The molecule has 0 unspecified atom stereocenters. The van der Waals surface area contributed by atoms with E-state index in [0.29, 0.717) is 28.8 Å². The molecule has 3 aromatic rings. The average Bonchev–Trinajstić information content (AvgIpc) is 3.43. The van der Waals surface area contributed by atoms with E-state index in [4.69, 9.17) is 16.1 Å². The van der Waals surface area contributed by atoms with Crippen molar-refractivity contribution in [2.75, 3.05) is 6.54 Å². The van der Waals surface area contributed by atoms with Crippen molar-refractivity contribution >= 4 is 23.4 Å². The molecule has 0 saturated carbocycles. The second-order valence-corrected chi connectivity index (χ2v) is 7.65. The van der Waals surface area contributed by atoms with Crippen LogP contribution in [0.15, 0.2) is 59.1 Å². The Morgan fingerprint density at radius 1 is 1.20 bits per heavy atom. The molecule has 2 heterocycles. The maximum Gasteiger partial charge on any atom is 0.251 e. The number of carbonyl (C=O) groups is 2. The molecule has 0 spiro atoms. The van der Waals surface area contributed by atoms with E-state index < -0.39 is 6.04 Å². The molecule has 7 nitrogen and oxygen atoms in total. The first-order valence-electron chi connectivity index (χ1n) is 9.79. The summed E-state index contributed by atoms with van der Waals surface area (Å²) in [6, 6.07) is 15.0. The summed E-state index contributed by atoms with van der Waals surface area (Å²) in [6.07, 6.45) is 1.55. The van der Waals surface area contributed by atoms with Gasteiger partial charge in [-0.15, -0.1) is 0 Å². The molecule has 1 N–H and O–H groups in total. The molecule has 0 radical (unpaired) electrons. The highest BCUT2D eigenvalue weighted by Crippen LogP contribution is 2.32. The quantitative estimate of drug-likeness (QED) is 0.671. The van der Waals surface area contributed by atoms with E-state index >= 15 is 0 Å². The Hall–Kier alpha value is -3.19. The highest BCUT2D eigenvalue weighted by Gasteiger charge is 2.36. The van der Waals surface area contributed by atoms with Crippen molar-refractivity contribution < 1.29 is 14.1 Å². The molecule has 1 aliphatic heterocycles. The lowest BCUT2D eigenvalue weighted by atomic mass is 10.1. The summed E-state index contributed by atoms with van der Waals surface area (Å²) < 4.78 is 5.47. The van der Waals surface area contributed by atoms with Crippen molar-refractivity contribution in [3.63, 3.8) is 0 Å². The average molecular weight is 425 g/mol. The van der Waals surface area contributed by atoms with Crippen LogP contribution in [0, 0.1) is 0 Å². The molecule has 0 bridgehead atoms. The summed E-state index contributed by atoms with van der Waals surface area (Å²) in [4.78, 5) is 31.6. The molecule has 2 aromatic carbocycles. The smallest absolute Gasteiger partial charge is 0.251 e. The summed E-state index contributed by atoms with van der Waals surface area (Å²) in [5, 5.41) is 7.40. The number of aromatic nitrogens is 2. The molecule has 2 atom stereocenters. The number of carbonyl (C=O) groups excluding carboxylic acids is 2. The van der Waals surface area contributed by atoms with Crippen LogP contribution >= 0.6 is 11.6 Å². The third kappa shape index (κ3) is 4.21. The number of hydrogen-bond acceptors (Lipinski definition) is 5. The topological polar surface area (TPSA) is 88.3 Å². The minimum atomic E-state index is -0.673. The lowest BCUT2D eigenvalue weighted by Crippen LogP contribution is -2.46. The normalized spacial score (nSPS) is 17.0. The summed E-state index contributed by atoms with van der Waals surface area (Å²) in [7, 11) is 0. The van der Waals surface area contributed by atoms with Crippen molar-refractivity contribution in [3.8, 4) is 11.4 Å². The first-order chi connectivity index (χ1) is 14.5. The van der Waals surface area contributed by atoms with Gasteiger partial charge in [-0.2, -0.15) is 4.98 Å². The van der Waals surface area contributed by atoms with Gasteiger partial charge in [0.15, 0.2) is 0 Å². The number of nitrogens with one attached hydrogen (secondary N) is 1. The summed E-state index contributed by atoms with van der Waals surface area (Å²) in [6.45, 7) is 2.26. The number of hydrogen-bond donors (Lipinski definition) is 1. The molecule has 4 rings (SSSR count). The van der Waals surface area contributed by atoms with E-state index in [2.05, 4.69) is 15.5 Å². The molecule has 1 aliphatic rings. The largest absolute Gasteiger partial charge is 0.341 e. The van der Waals surface area contributed by atoms with E-state index in [-0.39, 0.29) is 17.9 Å². The van der Waals surface area contributed by atoms with Crippen LogP contribution in [-0.4, -0.2) is 39.4 Å². The molecular formula is C22H21ClN4O3. The molecule has 2 amide bonds. The van der Waals surface area contributed by atoms with Crippen LogP contribution in [0.2, 0.25) is 5.02 Å². The van der Waals surface area contributed by atoms with Crippen LogP contribution in [-0.2, 0) is 4.79 Å². The number of rotatable bonds is 5. The Bertz CT molecular complexity index is 1050. The van der Waals surface area contributed by atoms with Gasteiger partial charge in [0.05, 0.1) is 0 Å². The number of benzene rings is 2. The number of amides is 2. The summed E-state index contributed by atoms with van der Waals surface area (Å²) in [5.41, 5.74) is 1.26. The fourth-order valence-corrected chi connectivity index (χ4v) is 3.77. The zero-order valence-corrected chi connectivity index (χ0v) is 17.2. The second kappa shape index (κ2) is 8.67. The van der Waals surface area contributed by atoms with Crippen LogP contribution < -0.4 is 5.32 Å². The van der Waals surface area contributed by atoms with Gasteiger partial charge in [0.25, 0.3) is 5.91 Å². The van der Waals surface area contributed by atoms with Gasteiger partial charge < -0.3 is 14.7 Å². The molecule has 154 valence electrons. The minimum absolute atomic E-state index is 0.177. The van der Waals surface area contributed by atoms with Crippen LogP contribution in [0.3, 0.4) is 0 Å². The van der Waals surface area contributed by atoms with Crippen molar-refractivity contribution in [2.45, 2.75) is 31.8 Å². The van der Waals surface area contributed by atoms with Gasteiger partial charge in [-0.05, 0) is 44.0 Å². The standard InChI is InChI=1S/C22H21ClN4O3/c1-14(24-20(28)15-7-3-2-4-8-15)22(29)27-12-6-11-18(27)21-25-19(26-30-21)16-9-5-10-17(23)13-16/h2-5,7-10,13-14,18H,6,11-12H2,1H3,(H,24,28)/t14-,18+/m1/s1. The molecular weight excluding hydrogens is 404 g/mol. The van der Waals surface area contributed by atoms with Crippen LogP contribution in [0.25, 0.3) is 11.4 Å². The molecule has 1 aromatic heterocycles. The minimum Gasteiger partial charge on any atom is -0.341 e. The third-order valence-electron chi connectivity index (χ3n) is 5.10. The first kappa shape index (κ1) is 20.1. The van der Waals surface area contributed by atoms with E-state index in [1.807, 2.05) is 18.2 Å². The number of nitrogens with zero attached hydrogens (tertiary/aromatic N) is 3. The van der Waals surface area contributed by atoms with Crippen LogP contribution in [0.4, 0.5) is 0 Å². The first-order valence-corrected chi connectivity index (χ1v) is 10.2. The zero-order chi connectivity index (χ0) is 21.1. The van der Waals surface area contributed by atoms with Gasteiger partial charge in [-0.25, -0.2) is 0 Å². The van der Waals surface area contributed by atoms with E-state index in [1.54, 1.807) is 48.2 Å². The SMILES string of the molecule is C[C@@H](NC(=O)c1ccccc1)C(=O)N1CCC[C@H]1c1nc(-c2cccc(Cl)c2)no1. The highest BCUT2D eigenvalue weighted by atomic mass is 35.5. The number of halogens is 1. The molecule has 30 heavy (non-hydrogen) atoms. The van der Waals surface area contributed by atoms with Crippen molar-refractivity contribution in [1.29, 1.82) is 0 Å². The van der Waals surface area contributed by atoms with Crippen molar-refractivity contribution in [1.82, 2.24) is 20.4 Å². The lowest BCUT2D eigenvalue weighted by molar-refractivity contribution is -0.134. The maximum absolute atomic E-state index is 13.0. The van der Waals surface area contributed by atoms with Gasteiger partial charge in [-0.3, -0.25) is 9.59 Å². The Kier molecular flexibility index (Phi) is 5.81. The summed E-state index contributed by atoms with van der Waals surface area (Å²) >= 11 is 6.04. The van der Waals surface area contributed by atoms with Gasteiger partial charge >= 0.3 is 0 Å². The predicted molar refractivity (Wildman–Crippen MR) is 112 cm³/mol. The fourth-order valence-electron chi connectivity index (χ4n) is 3.58. The predicted octanol–water partition coefficient (Wildman–Crippen LogP) is 3.87. The van der Waals surface area contributed by atoms with Crippen molar-refractivity contribution in [2.24, 2.45) is 0 Å². The lowest BCUT2D eigenvalue weighted by Gasteiger charge is -2.25. The van der Waals surface area contributed by atoms with Gasteiger partial charge in [0.2, 0.25) is 17.6 Å². The zero-order valence-electron chi connectivity index (χ0n) is 16.4. The highest BCUT2D eigenvalue weighted by molar-refractivity contribution is 6.30. The molecule has 8 heteroatoms. The van der Waals surface area contributed by atoms with Gasteiger partial charge in [0.1, 0.15) is 12.1 Å². The number of likely N-dealkylation sites (tertiary alicyclic amines) is 1. The van der Waals surface area contributed by atoms with Crippen LogP contribution in [0.1, 0.15) is 42.1 Å². The Labute approximate surface area is 179 Å².